The number of hydrogen-bond donors (Lipinski definition) is 0. The van der Waals surface area contributed by atoms with Crippen molar-refractivity contribution < 1.29 is 110 Å². The standard InChI is InChI=1S/C46H44Cl2N2O23/c1-23(51)62-19-66-39(57)15-49(16-40(58)67-20-63-24(2)52)13-29-9-31-37(11-35(29)70-27(5)55)72-38-12-36(71-28(6)56)30(10-32(38)46(31)44-34(48)8-7-33(47)43(44)45(61)73-46)14-50(17-41(59)68-21-64-25(3)53)18-42(60)69-22-65-26(4)54/h7-12H,13-22H2,1-6H3. The first-order chi connectivity index (χ1) is 34.5. The van der Waals surface area contributed by atoms with E-state index in [-0.39, 0.29) is 66.4 Å². The van der Waals surface area contributed by atoms with E-state index in [0.717, 1.165) is 51.3 Å². The maximum absolute atomic E-state index is 14.2. The van der Waals surface area contributed by atoms with Crippen LogP contribution in [-0.2, 0) is 109 Å². The van der Waals surface area contributed by atoms with Crippen LogP contribution in [0.3, 0.4) is 0 Å². The largest absolute Gasteiger partial charge is 0.456 e. The number of esters is 11. The Kier molecular flexibility index (Phi) is 19.2. The van der Waals surface area contributed by atoms with Crippen molar-refractivity contribution in [2.45, 2.75) is 60.2 Å². The summed E-state index contributed by atoms with van der Waals surface area (Å²) in [6, 6.07) is 7.86. The van der Waals surface area contributed by atoms with Crippen molar-refractivity contribution in [3.63, 3.8) is 0 Å². The molecule has 3 aromatic carbocycles. The highest BCUT2D eigenvalue weighted by Crippen LogP contribution is 2.60. The van der Waals surface area contributed by atoms with E-state index in [1.54, 1.807) is 0 Å². The molecule has 0 atom stereocenters. The van der Waals surface area contributed by atoms with E-state index >= 15 is 0 Å². The van der Waals surface area contributed by atoms with Gasteiger partial charge in [0.2, 0.25) is 27.2 Å². The second-order valence-corrected chi connectivity index (χ2v) is 16.2. The minimum Gasteiger partial charge on any atom is -0.456 e. The molecule has 0 saturated heterocycles. The molecule has 5 rings (SSSR count). The zero-order chi connectivity index (χ0) is 53.7. The van der Waals surface area contributed by atoms with E-state index in [1.807, 2.05) is 0 Å². The lowest BCUT2D eigenvalue weighted by molar-refractivity contribution is -0.171. The monoisotopic (exact) mass is 1060 g/mol. The second kappa shape index (κ2) is 25.0. The highest BCUT2D eigenvalue weighted by molar-refractivity contribution is 6.37. The van der Waals surface area contributed by atoms with Crippen LogP contribution in [0.2, 0.25) is 10.0 Å². The number of nitrogens with zero attached hydrogens (tertiary/aromatic N) is 2. The number of rotatable bonds is 22. The van der Waals surface area contributed by atoms with Crippen molar-refractivity contribution >= 4 is 88.9 Å². The summed E-state index contributed by atoms with van der Waals surface area (Å²) in [5, 5.41) is -0.193. The number of carbonyl (C=O) groups excluding carboxylic acids is 11. The number of benzene rings is 3. The first kappa shape index (κ1) is 56.0. The summed E-state index contributed by atoms with van der Waals surface area (Å²) in [5.41, 5.74) is -2.51. The predicted molar refractivity (Wildman–Crippen MR) is 239 cm³/mol. The Morgan fingerprint density at radius 3 is 1.16 bits per heavy atom. The van der Waals surface area contributed by atoms with E-state index in [9.17, 15) is 52.7 Å². The molecule has 0 fully saturated rings. The van der Waals surface area contributed by atoms with Gasteiger partial charge in [0.05, 0.1) is 36.8 Å². The van der Waals surface area contributed by atoms with Gasteiger partial charge in [-0.05, 0) is 24.3 Å². The van der Waals surface area contributed by atoms with Gasteiger partial charge in [0.25, 0.3) is 0 Å². The molecule has 1 spiro atoms. The molecule has 2 aliphatic heterocycles. The Balaban J connectivity index is 1.72. The quantitative estimate of drug-likeness (QED) is 0.0603. The first-order valence-corrected chi connectivity index (χ1v) is 21.9. The zero-order valence-corrected chi connectivity index (χ0v) is 41.1. The van der Waals surface area contributed by atoms with Crippen LogP contribution in [0.15, 0.2) is 36.4 Å². The maximum atomic E-state index is 14.2. The number of halogens is 2. The smallest absolute Gasteiger partial charge is 0.341 e. The molecule has 0 saturated carbocycles. The fourth-order valence-electron chi connectivity index (χ4n) is 7.10. The SMILES string of the molecule is CC(=O)OCOC(=O)CN(CC(=O)OCOC(C)=O)Cc1cc2c(cc1OC(C)=O)Oc1cc(OC(C)=O)c(CN(CC(=O)OCOC(C)=O)CC(=O)OCOC(C)=O)cc1C21OC(=O)c2c(Cl)ccc(Cl)c21. The summed E-state index contributed by atoms with van der Waals surface area (Å²) in [6.45, 7) is -0.536. The molecule has 0 bridgehead atoms. The molecule has 25 nitrogen and oxygen atoms in total. The summed E-state index contributed by atoms with van der Waals surface area (Å²) >= 11 is 13.6. The third kappa shape index (κ3) is 15.1. The van der Waals surface area contributed by atoms with E-state index < -0.39 is 138 Å². The molecule has 0 unspecified atom stereocenters. The van der Waals surface area contributed by atoms with Gasteiger partial charge in [0.15, 0.2) is 5.60 Å². The molecule has 2 heterocycles. The minimum absolute atomic E-state index is 0.00561. The molecule has 73 heavy (non-hydrogen) atoms. The van der Waals surface area contributed by atoms with Gasteiger partial charge in [-0.2, -0.15) is 0 Å². The number of ether oxygens (including phenoxy) is 12. The van der Waals surface area contributed by atoms with Crippen molar-refractivity contribution in [2.75, 3.05) is 53.4 Å². The van der Waals surface area contributed by atoms with E-state index in [0.29, 0.717) is 0 Å². The number of fused-ring (bicyclic) bond motifs is 6. The fraction of sp³-hybridized carbons (Fsp3) is 0.370. The lowest BCUT2D eigenvalue weighted by Crippen LogP contribution is -2.37. The van der Waals surface area contributed by atoms with Crippen LogP contribution < -0.4 is 14.2 Å². The van der Waals surface area contributed by atoms with E-state index in [1.165, 1.54) is 36.4 Å². The summed E-state index contributed by atoms with van der Waals surface area (Å²) in [6.07, 6.45) is 0. The van der Waals surface area contributed by atoms with Crippen molar-refractivity contribution in [1.29, 1.82) is 0 Å². The van der Waals surface area contributed by atoms with Gasteiger partial charge in [-0.3, -0.25) is 57.7 Å². The first-order valence-electron chi connectivity index (χ1n) is 21.2. The van der Waals surface area contributed by atoms with Gasteiger partial charge >= 0.3 is 65.7 Å². The third-order valence-corrected chi connectivity index (χ3v) is 10.5. The summed E-state index contributed by atoms with van der Waals surface area (Å²) < 4.78 is 62.8. The Labute approximate surface area is 423 Å². The fourth-order valence-corrected chi connectivity index (χ4v) is 7.63. The van der Waals surface area contributed by atoms with Gasteiger partial charge in [0, 0.05) is 99.6 Å². The molecule has 27 heteroatoms. The van der Waals surface area contributed by atoms with Crippen LogP contribution in [0, 0.1) is 0 Å². The molecule has 0 amide bonds. The topological polar surface area (TPSA) is 305 Å². The highest BCUT2D eigenvalue weighted by atomic mass is 35.5. The van der Waals surface area contributed by atoms with Crippen LogP contribution in [-0.4, -0.2) is 129 Å². The van der Waals surface area contributed by atoms with Gasteiger partial charge in [-0.1, -0.05) is 23.2 Å². The van der Waals surface area contributed by atoms with Crippen LogP contribution >= 0.6 is 23.2 Å². The molecule has 390 valence electrons. The Morgan fingerprint density at radius 2 is 0.836 bits per heavy atom. The number of hydrogen-bond acceptors (Lipinski definition) is 25. The zero-order valence-electron chi connectivity index (χ0n) is 39.6. The summed E-state index contributed by atoms with van der Waals surface area (Å²) in [4.78, 5) is 139. The molecule has 0 aromatic heterocycles. The third-order valence-electron chi connectivity index (χ3n) is 9.84. The molecule has 3 aromatic rings. The minimum atomic E-state index is -2.20. The average Bonchev–Trinajstić information content (AvgIpc) is 3.58. The Morgan fingerprint density at radius 1 is 0.493 bits per heavy atom. The molecular formula is C46H44Cl2N2O23. The summed E-state index contributed by atoms with van der Waals surface area (Å²) in [7, 11) is 0. The molecule has 0 N–H and O–H groups in total. The van der Waals surface area contributed by atoms with Gasteiger partial charge in [-0.15, -0.1) is 0 Å². The van der Waals surface area contributed by atoms with Crippen LogP contribution in [0.1, 0.15) is 79.7 Å². The maximum Gasteiger partial charge on any atom is 0.341 e. The Hall–Kier alpha value is -7.87. The van der Waals surface area contributed by atoms with Crippen LogP contribution in [0.25, 0.3) is 0 Å². The van der Waals surface area contributed by atoms with E-state index in [4.69, 9.17) is 80.0 Å². The van der Waals surface area contributed by atoms with E-state index in [2.05, 4.69) is 0 Å². The van der Waals surface area contributed by atoms with Crippen molar-refractivity contribution in [1.82, 2.24) is 9.80 Å². The van der Waals surface area contributed by atoms with Gasteiger partial charge < -0.3 is 56.8 Å². The highest BCUT2D eigenvalue weighted by Gasteiger charge is 2.56. The number of carbonyl (C=O) groups is 11. The second-order valence-electron chi connectivity index (χ2n) is 15.4. The van der Waals surface area contributed by atoms with Crippen LogP contribution in [0.5, 0.6) is 23.0 Å². The molecular weight excluding hydrogens is 1020 g/mol. The predicted octanol–water partition coefficient (Wildman–Crippen LogP) is 3.27. The Bertz CT molecular complexity index is 2530. The molecule has 0 radical (unpaired) electrons. The normalized spacial score (nSPS) is 12.4. The van der Waals surface area contributed by atoms with Crippen molar-refractivity contribution in [3.05, 3.63) is 79.8 Å². The van der Waals surface area contributed by atoms with Gasteiger partial charge in [-0.25, -0.2) is 4.79 Å². The van der Waals surface area contributed by atoms with Crippen molar-refractivity contribution in [3.8, 4) is 23.0 Å². The molecule has 0 aliphatic carbocycles. The lowest BCUT2D eigenvalue weighted by Gasteiger charge is -2.38. The van der Waals surface area contributed by atoms with Gasteiger partial charge in [0.1, 0.15) is 23.0 Å². The molecule has 2 aliphatic rings. The average molecular weight is 1060 g/mol. The van der Waals surface area contributed by atoms with Crippen molar-refractivity contribution in [2.24, 2.45) is 0 Å². The summed E-state index contributed by atoms with van der Waals surface area (Å²) in [5.74, 6) is -10.6. The van der Waals surface area contributed by atoms with Crippen LogP contribution in [0.4, 0.5) is 0 Å². The lowest BCUT2D eigenvalue weighted by atomic mass is 9.76.